The van der Waals surface area contributed by atoms with Crippen LogP contribution in [0.15, 0.2) is 18.2 Å². The lowest BCUT2D eigenvalue weighted by molar-refractivity contribution is 0.0123. The lowest BCUT2D eigenvalue weighted by atomic mass is 9.98. The minimum Gasteiger partial charge on any atom is -0.467 e. The van der Waals surface area contributed by atoms with E-state index >= 15 is 4.39 Å². The maximum absolute atomic E-state index is 16.0. The molecule has 2 aliphatic heterocycles. The molecular weight excluding hydrogens is 572 g/mol. The lowest BCUT2D eigenvalue weighted by Gasteiger charge is -2.42. The van der Waals surface area contributed by atoms with Crippen molar-refractivity contribution in [2.75, 3.05) is 31.9 Å². The highest BCUT2D eigenvalue weighted by Crippen LogP contribution is 2.49. The Labute approximate surface area is 247 Å². The molecule has 3 fully saturated rings. The quantitative estimate of drug-likeness (QED) is 0.230. The van der Waals surface area contributed by atoms with Gasteiger partial charge in [-0.3, -0.25) is 4.90 Å². The molecule has 1 aromatic carbocycles. The first-order valence-electron chi connectivity index (χ1n) is 13.8. The molecule has 41 heavy (non-hydrogen) atoms. The van der Waals surface area contributed by atoms with Gasteiger partial charge >= 0.3 is 6.09 Å². The fourth-order valence-electron chi connectivity index (χ4n) is 5.89. The molecule has 2 unspecified atom stereocenters. The van der Waals surface area contributed by atoms with E-state index in [0.717, 1.165) is 31.2 Å². The van der Waals surface area contributed by atoms with Gasteiger partial charge in [-0.05, 0) is 87.7 Å². The number of aromatic nitrogens is 3. The molecule has 2 bridgehead atoms. The van der Waals surface area contributed by atoms with Crippen molar-refractivity contribution in [1.29, 1.82) is 0 Å². The van der Waals surface area contributed by atoms with Crippen LogP contribution in [-0.4, -0.2) is 70.6 Å². The summed E-state index contributed by atoms with van der Waals surface area (Å²) in [6.45, 7) is 6.64. The van der Waals surface area contributed by atoms with Crippen molar-refractivity contribution in [2.45, 2.75) is 70.1 Å². The zero-order valence-corrected chi connectivity index (χ0v) is 24.9. The number of ether oxygens (including phenoxy) is 3. The molecule has 2 atom stereocenters. The van der Waals surface area contributed by atoms with Crippen molar-refractivity contribution in [2.24, 2.45) is 0 Å². The molecule has 1 saturated carbocycles. The van der Waals surface area contributed by atoms with Crippen molar-refractivity contribution in [1.82, 2.24) is 19.9 Å². The number of hydrogen-bond donors (Lipinski definition) is 0. The second-order valence-electron chi connectivity index (χ2n) is 11.9. The number of halogens is 3. The van der Waals surface area contributed by atoms with Gasteiger partial charge in [0.05, 0.1) is 17.5 Å². The standard InChI is InChI=1S/C29H32Cl2FN5O4/c1-29(2,3)41-28(38)37-16-7-8-17(37)13-36(12-16)26-20-11-22(32)24(33-25(20)34-27(31)35-26)19-9-18(40-14-39-4)10-21(30)23(19)15-5-6-15/h9-11,15-17H,5-8,12-14H2,1-4H3. The van der Waals surface area contributed by atoms with Crippen molar-refractivity contribution < 1.29 is 23.4 Å². The Kier molecular flexibility index (Phi) is 7.36. The van der Waals surface area contributed by atoms with Crippen LogP contribution in [0.1, 0.15) is 57.9 Å². The van der Waals surface area contributed by atoms with Gasteiger partial charge in [0.25, 0.3) is 0 Å². The van der Waals surface area contributed by atoms with Crippen LogP contribution in [0.5, 0.6) is 5.75 Å². The second kappa shape index (κ2) is 10.7. The normalized spacial score (nSPS) is 20.6. The summed E-state index contributed by atoms with van der Waals surface area (Å²) in [5.41, 5.74) is 1.23. The largest absolute Gasteiger partial charge is 0.467 e. The number of benzene rings is 1. The van der Waals surface area contributed by atoms with Crippen LogP contribution in [0.2, 0.25) is 10.3 Å². The van der Waals surface area contributed by atoms with E-state index in [9.17, 15) is 4.79 Å². The molecule has 0 radical (unpaired) electrons. The second-order valence-corrected chi connectivity index (χ2v) is 12.6. The first-order valence-corrected chi connectivity index (χ1v) is 14.5. The average molecular weight is 605 g/mol. The van der Waals surface area contributed by atoms with Crippen LogP contribution in [0.3, 0.4) is 0 Å². The number of methoxy groups -OCH3 is 1. The van der Waals surface area contributed by atoms with E-state index in [-0.39, 0.29) is 47.5 Å². The van der Waals surface area contributed by atoms with E-state index in [0.29, 0.717) is 40.6 Å². The summed E-state index contributed by atoms with van der Waals surface area (Å²) in [6.07, 6.45) is 3.32. The Morgan fingerprint density at radius 2 is 1.76 bits per heavy atom. The van der Waals surface area contributed by atoms with Crippen molar-refractivity contribution in [3.8, 4) is 17.0 Å². The van der Waals surface area contributed by atoms with Crippen LogP contribution in [0.25, 0.3) is 22.3 Å². The number of amides is 1. The van der Waals surface area contributed by atoms with Gasteiger partial charge in [0, 0.05) is 30.8 Å². The number of pyridine rings is 1. The topological polar surface area (TPSA) is 89.9 Å². The van der Waals surface area contributed by atoms with E-state index in [2.05, 4.69) is 15.0 Å². The van der Waals surface area contributed by atoms with Crippen LogP contribution in [0, 0.1) is 5.82 Å². The minimum absolute atomic E-state index is 0.0112. The van der Waals surface area contributed by atoms with E-state index in [4.69, 9.17) is 37.4 Å². The number of hydrogen-bond acceptors (Lipinski definition) is 8. The van der Waals surface area contributed by atoms with Crippen molar-refractivity contribution >= 4 is 46.1 Å². The Morgan fingerprint density at radius 1 is 1.05 bits per heavy atom. The highest BCUT2D eigenvalue weighted by Gasteiger charge is 2.45. The number of nitrogens with zero attached hydrogens (tertiary/aromatic N) is 5. The molecule has 218 valence electrons. The summed E-state index contributed by atoms with van der Waals surface area (Å²) >= 11 is 13.1. The van der Waals surface area contributed by atoms with Gasteiger partial charge in [-0.1, -0.05) is 11.6 Å². The zero-order chi connectivity index (χ0) is 29.1. The smallest absolute Gasteiger partial charge is 0.410 e. The summed E-state index contributed by atoms with van der Waals surface area (Å²) in [6, 6.07) is 4.77. The van der Waals surface area contributed by atoms with Gasteiger partial charge in [-0.2, -0.15) is 9.97 Å². The molecule has 3 aromatic rings. The van der Waals surface area contributed by atoms with Gasteiger partial charge in [0.15, 0.2) is 12.4 Å². The maximum atomic E-state index is 16.0. The third kappa shape index (κ3) is 5.61. The van der Waals surface area contributed by atoms with E-state index in [1.165, 1.54) is 13.2 Å². The van der Waals surface area contributed by atoms with Gasteiger partial charge < -0.3 is 19.1 Å². The summed E-state index contributed by atoms with van der Waals surface area (Å²) in [7, 11) is 1.52. The first-order chi connectivity index (χ1) is 19.5. The Hall–Kier alpha value is -2.95. The highest BCUT2D eigenvalue weighted by molar-refractivity contribution is 6.32. The van der Waals surface area contributed by atoms with E-state index < -0.39 is 11.4 Å². The van der Waals surface area contributed by atoms with Crippen LogP contribution >= 0.6 is 23.2 Å². The predicted octanol–water partition coefficient (Wildman–Crippen LogP) is 6.59. The molecule has 1 aliphatic carbocycles. The summed E-state index contributed by atoms with van der Waals surface area (Å²) in [4.78, 5) is 30.3. The summed E-state index contributed by atoms with van der Waals surface area (Å²) in [5, 5.41) is 0.959. The molecule has 6 rings (SSSR count). The zero-order valence-electron chi connectivity index (χ0n) is 23.4. The number of anilines is 1. The Bertz CT molecular complexity index is 1500. The average Bonchev–Trinajstić information content (AvgIpc) is 3.69. The third-order valence-corrected chi connectivity index (χ3v) is 8.15. The van der Waals surface area contributed by atoms with Crippen molar-refractivity contribution in [3.63, 3.8) is 0 Å². The highest BCUT2D eigenvalue weighted by atomic mass is 35.5. The summed E-state index contributed by atoms with van der Waals surface area (Å²) in [5.74, 6) is 0.655. The summed E-state index contributed by atoms with van der Waals surface area (Å²) < 4.78 is 32.3. The van der Waals surface area contributed by atoms with Crippen LogP contribution < -0.4 is 9.64 Å². The molecule has 4 heterocycles. The molecule has 0 spiro atoms. The molecular formula is C29H32Cl2FN5O4. The molecule has 2 saturated heterocycles. The molecule has 0 N–H and O–H groups in total. The van der Waals surface area contributed by atoms with E-state index in [1.54, 1.807) is 12.1 Å². The fraction of sp³-hybridized carbons (Fsp3) is 0.517. The molecule has 3 aliphatic rings. The third-order valence-electron chi connectivity index (χ3n) is 7.67. The van der Waals surface area contributed by atoms with Crippen molar-refractivity contribution in [3.05, 3.63) is 39.9 Å². The Morgan fingerprint density at radius 3 is 2.39 bits per heavy atom. The van der Waals surface area contributed by atoms with Gasteiger partial charge in [0.1, 0.15) is 28.7 Å². The maximum Gasteiger partial charge on any atom is 0.410 e. The van der Waals surface area contributed by atoms with Crippen LogP contribution in [0.4, 0.5) is 15.0 Å². The van der Waals surface area contributed by atoms with Gasteiger partial charge in [0.2, 0.25) is 5.28 Å². The monoisotopic (exact) mass is 603 g/mol. The predicted molar refractivity (Wildman–Crippen MR) is 154 cm³/mol. The number of rotatable bonds is 6. The van der Waals surface area contributed by atoms with E-state index in [1.807, 2.05) is 30.6 Å². The molecule has 1 amide bonds. The molecule has 2 aromatic heterocycles. The number of carbonyl (C=O) groups is 1. The molecule has 12 heteroatoms. The number of carbonyl (C=O) groups excluding carboxylic acids is 1. The molecule has 9 nitrogen and oxygen atoms in total. The van der Waals surface area contributed by atoms with Gasteiger partial charge in [-0.15, -0.1) is 0 Å². The minimum atomic E-state index is -0.579. The Balaban J connectivity index is 1.37. The number of piperazine rings is 1. The fourth-order valence-corrected chi connectivity index (χ4v) is 6.42. The first kappa shape index (κ1) is 28.2. The van der Waals surface area contributed by atoms with Gasteiger partial charge in [-0.25, -0.2) is 14.2 Å². The SMILES string of the molecule is COCOc1cc(Cl)c(C2CC2)c(-c2nc3nc(Cl)nc(N4CC5CCC(C4)N5C(=O)OC(C)(C)C)c3cc2F)c1. The lowest BCUT2D eigenvalue weighted by Crippen LogP contribution is -2.57. The number of fused-ring (bicyclic) bond motifs is 3. The van der Waals surface area contributed by atoms with Crippen LogP contribution in [-0.2, 0) is 9.47 Å².